The molecule has 0 heterocycles. The molecule has 0 atom stereocenters. The van der Waals surface area contributed by atoms with Crippen LogP contribution in [0.5, 0.6) is 0 Å². The van der Waals surface area contributed by atoms with Gasteiger partial charge in [0, 0.05) is 114 Å². The predicted molar refractivity (Wildman–Crippen MR) is 513 cm³/mol. The van der Waals surface area contributed by atoms with Crippen LogP contribution in [0.4, 0.5) is 68.2 Å². The first-order chi connectivity index (χ1) is 77.9. The first-order valence-electron chi connectivity index (χ1n) is 62.6. The largest absolute Gasteiger partial charge is 0.310 e. The van der Waals surface area contributed by atoms with Gasteiger partial charge in [-0.05, 0) is 282 Å². The lowest BCUT2D eigenvalue weighted by atomic mass is 9.93. The van der Waals surface area contributed by atoms with E-state index in [1.165, 1.54) is 70.8 Å². The highest BCUT2D eigenvalue weighted by molar-refractivity contribution is 6.25. The minimum absolute atomic E-state index is 0. The molecule has 18 aromatic carbocycles. The van der Waals surface area contributed by atoms with Crippen molar-refractivity contribution in [1.82, 2.24) is 0 Å². The van der Waals surface area contributed by atoms with Gasteiger partial charge in [0.2, 0.25) is 0 Å². The molecule has 0 unspecified atom stereocenters. The molecule has 4 heteroatoms. The molecule has 4 nitrogen and oxygen atoms in total. The fourth-order valence-corrected chi connectivity index (χ4v) is 14.2. The van der Waals surface area contributed by atoms with Gasteiger partial charge < -0.3 is 19.6 Å². The molecule has 0 spiro atoms. The molecular formula is C106H122N4. The number of hydrogen-bond donors (Lipinski definition) is 0. The summed E-state index contributed by atoms with van der Waals surface area (Å²) >= 11 is 0. The van der Waals surface area contributed by atoms with Crippen LogP contribution in [-0.4, -0.2) is 0 Å². The molecule has 0 saturated carbocycles. The average Bonchev–Trinajstić information content (AvgIpc) is 0.678. The van der Waals surface area contributed by atoms with Crippen LogP contribution < -0.4 is 19.6 Å². The number of fused-ring (bicyclic) bond motifs is 9. The molecule has 0 N–H and O–H groups in total. The van der Waals surface area contributed by atoms with Gasteiger partial charge >= 0.3 is 0 Å². The first kappa shape index (κ1) is 39.0. The Hall–Kier alpha value is -13.3. The van der Waals surface area contributed by atoms with Crippen molar-refractivity contribution in [2.24, 2.45) is 0 Å². The molecule has 0 aromatic heterocycles. The Kier molecular flexibility index (Phi) is 10.7. The van der Waals surface area contributed by atoms with E-state index in [0.717, 1.165) is 55.1 Å². The van der Waals surface area contributed by atoms with Gasteiger partial charge in [-0.1, -0.05) is 270 Å². The Bertz CT molecular complexity index is 7340. The minimum atomic E-state index is -0.962. The van der Waals surface area contributed by atoms with Crippen LogP contribution in [-0.2, 0) is 0 Å². The predicted octanol–water partition coefficient (Wildman–Crippen LogP) is 35.2. The minimum Gasteiger partial charge on any atom is -0.310 e. The second-order valence-electron chi connectivity index (χ2n) is 28.0. The molecule has 0 radical (unpaired) electrons. The van der Waals surface area contributed by atoms with Gasteiger partial charge in [0.15, 0.2) is 0 Å². The maximum Gasteiger partial charge on any atom is 0.0652 e. The van der Waals surface area contributed by atoms with Gasteiger partial charge in [0.1, 0.15) is 0 Å². The van der Waals surface area contributed by atoms with Crippen molar-refractivity contribution < 1.29 is 78.8 Å². The standard InChI is InChI=1S/C54H38N2.C52H50N2.17H2/c1-5-13-45-35-51(31-23-41(45)9-1)55(52-32-24-42-10-2-6-14-46(42)36-52)49-27-19-39(20-28-49)17-18-40-21-29-50(30-22-40)56(53-33-25-43-11-3-7-15-47(43)37-53)54-34-26-44-12-4-8-16-48(44)38-54;1-33(2)39-17-21-41(22-18-39)53(43-27-35(5)25-36(6)28-43)51-31-49-46-14-10-12-16-48(46)52(32-50(49)45-13-9-11-15-47(45)51)54(44-29-37(7)26-38(8)30-44)42-23-19-40(20-24-42)34(3)4;;;;;;;;;;;;;;;;;/h1-38H;9-34H,1-8H3;17*1H/b18-17+;;;;;;;;;;;;;;;;;;/i;9D,10D,11D,12D,13D,14D,15D,16D,17D,18D,19D,20D,21D,22D,23D,24D,25D,26D,27D,28D,29D,30D,31D,32D;14*1+1D;3*1+1. The SMILES string of the molecule is C(=C\c1ccc(N(c2ccc3ccccc3c2)c2ccc3ccccc3c2)cc1)/c1ccc(N(c2ccc3ccccc3c2)c2ccc3ccccc3c2)cc1.[2HH].[2HH].[2HH].[2H][2H].[2H][2H].[2H][2H].[2H][2H].[2H][2H].[2H][2H].[2H][2H].[2H][2H].[2H][2H].[2H][2H].[2H][2H].[2H][2H].[2H][2H].[2H][2H].[2H]c1c(C)c([2H])c(N(c2c([2H])c([2H])c(C(C)C)c([2H])c2[2H])c2c([2H])c3c4c([2H])c([2H])c([2H])c([2H])c4c(N(c4c([2H])c([2H])c(C(C)C)c([2H])c4[2H])c4c([2H])c(C)c([2H])c(C)c4[2H])c([2H])c3c3c([2H])c([2H])c([2H])c([2H])c23)c([2H])c1C. The van der Waals surface area contributed by atoms with Crippen molar-refractivity contribution in [1.29, 1.82) is 0 Å². The Balaban J connectivity index is 0.00000272. The summed E-state index contributed by atoms with van der Waals surface area (Å²) in [7, 11) is 0. The van der Waals surface area contributed by atoms with Crippen molar-refractivity contribution in [3.8, 4) is 0 Å². The van der Waals surface area contributed by atoms with Crippen molar-refractivity contribution in [3.63, 3.8) is 0 Å². The Morgan fingerprint density at radius 2 is 0.527 bits per heavy atom. The van der Waals surface area contributed by atoms with Crippen LogP contribution >= 0.6 is 0 Å². The number of anilines is 12. The number of hydrogen-bond acceptors (Lipinski definition) is 4. The lowest BCUT2D eigenvalue weighted by Gasteiger charge is -2.30. The molecule has 566 valence electrons. The van der Waals surface area contributed by atoms with Gasteiger partial charge in [0.25, 0.3) is 0 Å². The molecule has 0 amide bonds. The molecule has 110 heavy (non-hydrogen) atoms. The maximum absolute atomic E-state index is 10.5. The molecule has 18 aromatic rings. The van der Waals surface area contributed by atoms with E-state index < -0.39 is 211 Å². The van der Waals surface area contributed by atoms with E-state index in [1.54, 1.807) is 27.7 Å². The van der Waals surface area contributed by atoms with Gasteiger partial charge in [0.05, 0.1) is 44.3 Å². The zero-order valence-electron chi connectivity index (χ0n) is 114. The van der Waals surface area contributed by atoms with Crippen LogP contribution in [0.2, 0.25) is 0 Å². The quantitative estimate of drug-likeness (QED) is 0.0706. The summed E-state index contributed by atoms with van der Waals surface area (Å²) in [5.41, 5.74) is 4.49. The average molecular weight is 1510 g/mol. The molecular weight excluding hydrogens is 1330 g/mol. The maximum atomic E-state index is 10.5. The summed E-state index contributed by atoms with van der Waals surface area (Å²) in [6.07, 6.45) is 4.39. The van der Waals surface area contributed by atoms with Gasteiger partial charge in [-0.3, -0.25) is 0 Å². The summed E-state index contributed by atoms with van der Waals surface area (Å²) in [5, 5.41) is 5.75. The van der Waals surface area contributed by atoms with Crippen LogP contribution in [0.1, 0.15) is 163 Å². The van der Waals surface area contributed by atoms with E-state index in [0.29, 0.717) is 0 Å². The van der Waals surface area contributed by atoms with Crippen LogP contribution in [0.25, 0.3) is 87.6 Å². The van der Waals surface area contributed by atoms with Gasteiger partial charge in [-0.15, -0.1) is 0 Å². The molecule has 0 aliphatic rings. The van der Waals surface area contributed by atoms with Crippen LogP contribution in [0.3, 0.4) is 0 Å². The van der Waals surface area contributed by atoms with E-state index >= 15 is 0 Å². The van der Waals surface area contributed by atoms with E-state index in [-0.39, 0.29) is 49.7 Å². The third-order valence-electron chi connectivity index (χ3n) is 19.6. The molecule has 0 aliphatic carbocycles. The summed E-state index contributed by atoms with van der Waals surface area (Å²) < 4.78 is 367. The number of benzene rings is 18. The Morgan fingerprint density at radius 1 is 0.255 bits per heavy atom. The fourth-order valence-electron chi connectivity index (χ4n) is 14.2. The first-order valence-corrected chi connectivity index (χ1v) is 36.6. The summed E-state index contributed by atoms with van der Waals surface area (Å²) in [6, 6.07) is 60.7. The van der Waals surface area contributed by atoms with Gasteiger partial charge in [-0.2, -0.15) is 0 Å². The summed E-state index contributed by atoms with van der Waals surface area (Å²) in [5.74, 6) is -1.22. The second-order valence-corrected chi connectivity index (χ2v) is 28.0. The Labute approximate surface area is 728 Å². The van der Waals surface area contributed by atoms with Crippen molar-refractivity contribution in [2.75, 3.05) is 19.6 Å². The molecule has 0 bridgehead atoms. The highest BCUT2D eigenvalue weighted by atomic mass is 15.2. The molecule has 0 fully saturated rings. The smallest absolute Gasteiger partial charge is 0.0652 e. The zero-order valence-corrected chi connectivity index (χ0v) is 61.9. The number of nitrogens with zero attached hydrogens (tertiary/aromatic N) is 4. The third-order valence-corrected chi connectivity index (χ3v) is 19.6. The van der Waals surface area contributed by atoms with Crippen LogP contribution in [0, 0.1) is 27.7 Å². The van der Waals surface area contributed by atoms with E-state index in [9.17, 15) is 24.7 Å². The second kappa shape index (κ2) is 30.2. The lowest BCUT2D eigenvalue weighted by Crippen LogP contribution is -2.12. The lowest BCUT2D eigenvalue weighted by molar-refractivity contribution is 0.866. The van der Waals surface area contributed by atoms with E-state index in [4.69, 9.17) is 49.8 Å². The third kappa shape index (κ3) is 14.2. The normalized spacial score (nSPS) is 15.7. The highest BCUT2D eigenvalue weighted by Crippen LogP contribution is 2.49. The van der Waals surface area contributed by atoms with E-state index in [1.807, 2.05) is 0 Å². The summed E-state index contributed by atoms with van der Waals surface area (Å²) in [6.45, 7) is 12.0. The molecule has 0 aliphatic heterocycles. The summed E-state index contributed by atoms with van der Waals surface area (Å²) in [4.78, 5) is 6.30. The van der Waals surface area contributed by atoms with E-state index in [2.05, 4.69) is 240 Å². The van der Waals surface area contributed by atoms with Crippen molar-refractivity contribution >= 4 is 156 Å². The van der Waals surface area contributed by atoms with Crippen LogP contribution in [0.15, 0.2) is 363 Å². The monoisotopic (exact) mass is 1510 g/mol. The highest BCUT2D eigenvalue weighted by Gasteiger charge is 2.24. The topological polar surface area (TPSA) is 13.0 Å². The molecule has 18 rings (SSSR count). The van der Waals surface area contributed by atoms with Crippen molar-refractivity contribution in [3.05, 3.63) is 408 Å². The van der Waals surface area contributed by atoms with Crippen molar-refractivity contribution in [2.45, 2.75) is 67.2 Å². The Morgan fingerprint density at radius 3 is 0.818 bits per heavy atom. The zero-order chi connectivity index (χ0) is 124. The van der Waals surface area contributed by atoms with Gasteiger partial charge in [-0.25, -0.2) is 0 Å². The molecule has 0 saturated heterocycles. The fraction of sp³-hybridized carbons (Fsp3) is 0.0943. The number of rotatable bonds is 16.